The Bertz CT molecular complexity index is 916. The van der Waals surface area contributed by atoms with Gasteiger partial charge < -0.3 is 19.8 Å². The lowest BCUT2D eigenvalue weighted by atomic mass is 10.2. The van der Waals surface area contributed by atoms with Crippen molar-refractivity contribution in [1.82, 2.24) is 20.0 Å². The molecule has 0 radical (unpaired) electrons. The number of imidazole rings is 1. The second-order valence-corrected chi connectivity index (χ2v) is 7.21. The number of benzene rings is 1. The lowest BCUT2D eigenvalue weighted by Gasteiger charge is -2.09. The Morgan fingerprint density at radius 2 is 1.96 bits per heavy atom. The van der Waals surface area contributed by atoms with Gasteiger partial charge in [-0.25, -0.2) is 4.98 Å². The van der Waals surface area contributed by atoms with E-state index in [1.165, 1.54) is 5.56 Å². The maximum absolute atomic E-state index is 11.5. The maximum atomic E-state index is 11.5. The smallest absolute Gasteiger partial charge is 0.222 e. The van der Waals surface area contributed by atoms with E-state index in [2.05, 4.69) is 28.6 Å². The first kappa shape index (κ1) is 19.9. The molecular formula is C22H28N4O2. The number of hydrogen-bond donors (Lipinski definition) is 2. The number of aryl methyl sites for hydroxylation is 1. The van der Waals surface area contributed by atoms with Crippen LogP contribution in [0.15, 0.2) is 48.8 Å². The number of aromatic nitrogens is 2. The van der Waals surface area contributed by atoms with Crippen molar-refractivity contribution < 1.29 is 9.53 Å². The highest BCUT2D eigenvalue weighted by Crippen LogP contribution is 2.15. The van der Waals surface area contributed by atoms with E-state index < -0.39 is 0 Å². The van der Waals surface area contributed by atoms with E-state index in [1.807, 2.05) is 61.0 Å². The highest BCUT2D eigenvalue weighted by atomic mass is 16.5. The minimum absolute atomic E-state index is 0.0251. The average Bonchev–Trinajstić information content (AvgIpc) is 3.11. The number of ether oxygens (including phenoxy) is 1. The molecule has 148 valence electrons. The van der Waals surface area contributed by atoms with Crippen LogP contribution in [0, 0.1) is 12.8 Å². The van der Waals surface area contributed by atoms with Gasteiger partial charge in [0.1, 0.15) is 18.0 Å². The monoisotopic (exact) mass is 380 g/mol. The molecule has 6 nitrogen and oxygen atoms in total. The molecule has 0 fully saturated rings. The summed E-state index contributed by atoms with van der Waals surface area (Å²) in [6.07, 6.45) is 3.99. The number of carbonyl (C=O) groups is 1. The SMILES string of the molecule is Cc1cccn2cc(COc3ccc(CNCCNC(=O)C(C)C)cc3)nc12. The molecule has 0 aliphatic carbocycles. The second kappa shape index (κ2) is 9.37. The fraction of sp³-hybridized carbons (Fsp3) is 0.364. The summed E-state index contributed by atoms with van der Waals surface area (Å²) in [4.78, 5) is 16.1. The van der Waals surface area contributed by atoms with Crippen molar-refractivity contribution >= 4 is 11.6 Å². The summed E-state index contributed by atoms with van der Waals surface area (Å²) >= 11 is 0. The molecule has 2 aromatic heterocycles. The van der Waals surface area contributed by atoms with Crippen molar-refractivity contribution in [2.75, 3.05) is 13.1 Å². The van der Waals surface area contributed by atoms with E-state index in [1.54, 1.807) is 0 Å². The fourth-order valence-corrected chi connectivity index (χ4v) is 2.85. The molecule has 0 saturated carbocycles. The number of pyridine rings is 1. The predicted octanol–water partition coefficient (Wildman–Crippen LogP) is 3.08. The quantitative estimate of drug-likeness (QED) is 0.560. The minimum atomic E-state index is 0.0251. The number of fused-ring (bicyclic) bond motifs is 1. The van der Waals surface area contributed by atoms with Crippen LogP contribution < -0.4 is 15.4 Å². The number of nitrogens with zero attached hydrogens (tertiary/aromatic N) is 2. The second-order valence-electron chi connectivity index (χ2n) is 7.21. The minimum Gasteiger partial charge on any atom is -0.487 e. The Labute approximate surface area is 165 Å². The normalized spacial score (nSPS) is 11.1. The van der Waals surface area contributed by atoms with Gasteiger partial charge in [-0.05, 0) is 36.2 Å². The molecular weight excluding hydrogens is 352 g/mol. The average molecular weight is 380 g/mol. The molecule has 0 aliphatic heterocycles. The zero-order chi connectivity index (χ0) is 19.9. The van der Waals surface area contributed by atoms with Gasteiger partial charge in [0.2, 0.25) is 5.91 Å². The summed E-state index contributed by atoms with van der Waals surface area (Å²) in [7, 11) is 0. The number of rotatable bonds is 9. The van der Waals surface area contributed by atoms with Crippen molar-refractivity contribution in [3.05, 3.63) is 65.6 Å². The summed E-state index contributed by atoms with van der Waals surface area (Å²) in [6, 6.07) is 12.1. The molecule has 0 spiro atoms. The third-order valence-corrected chi connectivity index (χ3v) is 4.49. The van der Waals surface area contributed by atoms with Crippen LogP contribution in [0.4, 0.5) is 0 Å². The van der Waals surface area contributed by atoms with Crippen molar-refractivity contribution in [2.45, 2.75) is 33.9 Å². The third kappa shape index (κ3) is 5.33. The lowest BCUT2D eigenvalue weighted by Crippen LogP contribution is -2.34. The van der Waals surface area contributed by atoms with Crippen molar-refractivity contribution in [1.29, 1.82) is 0 Å². The van der Waals surface area contributed by atoms with Gasteiger partial charge in [0.15, 0.2) is 0 Å². The molecule has 0 aliphatic rings. The molecule has 6 heteroatoms. The van der Waals surface area contributed by atoms with Gasteiger partial charge in [-0.2, -0.15) is 0 Å². The van der Waals surface area contributed by atoms with Gasteiger partial charge >= 0.3 is 0 Å². The van der Waals surface area contributed by atoms with E-state index in [9.17, 15) is 4.79 Å². The van der Waals surface area contributed by atoms with Gasteiger partial charge in [-0.3, -0.25) is 4.79 Å². The van der Waals surface area contributed by atoms with Crippen LogP contribution in [0.2, 0.25) is 0 Å². The summed E-state index contributed by atoms with van der Waals surface area (Å²) < 4.78 is 7.88. The maximum Gasteiger partial charge on any atom is 0.222 e. The summed E-state index contributed by atoms with van der Waals surface area (Å²) in [5, 5.41) is 6.22. The van der Waals surface area contributed by atoms with Crippen molar-refractivity contribution in [2.24, 2.45) is 5.92 Å². The molecule has 3 rings (SSSR count). The zero-order valence-electron chi connectivity index (χ0n) is 16.7. The van der Waals surface area contributed by atoms with Crippen LogP contribution in [-0.2, 0) is 17.9 Å². The van der Waals surface area contributed by atoms with Crippen LogP contribution in [-0.4, -0.2) is 28.4 Å². The molecule has 0 saturated heterocycles. The van der Waals surface area contributed by atoms with Crippen LogP contribution in [0.5, 0.6) is 5.75 Å². The van der Waals surface area contributed by atoms with E-state index in [4.69, 9.17) is 4.74 Å². The van der Waals surface area contributed by atoms with E-state index in [0.29, 0.717) is 13.2 Å². The molecule has 0 unspecified atom stereocenters. The molecule has 1 amide bonds. The van der Waals surface area contributed by atoms with Gasteiger partial charge in [0, 0.05) is 37.9 Å². The molecule has 3 aromatic rings. The number of hydrogen-bond acceptors (Lipinski definition) is 4. The van der Waals surface area contributed by atoms with Gasteiger partial charge in [-0.1, -0.05) is 32.0 Å². The highest BCUT2D eigenvalue weighted by Gasteiger charge is 2.06. The summed E-state index contributed by atoms with van der Waals surface area (Å²) in [5.74, 6) is 0.933. The van der Waals surface area contributed by atoms with Crippen LogP contribution in [0.3, 0.4) is 0 Å². The predicted molar refractivity (Wildman–Crippen MR) is 110 cm³/mol. The van der Waals surface area contributed by atoms with Gasteiger partial charge in [0.25, 0.3) is 0 Å². The Kier molecular flexibility index (Phi) is 6.66. The van der Waals surface area contributed by atoms with Crippen LogP contribution in [0.1, 0.15) is 30.7 Å². The lowest BCUT2D eigenvalue weighted by molar-refractivity contribution is -0.123. The molecule has 1 aromatic carbocycles. The van der Waals surface area contributed by atoms with Crippen molar-refractivity contribution in [3.63, 3.8) is 0 Å². The molecule has 2 heterocycles. The largest absolute Gasteiger partial charge is 0.487 e. The Hall–Kier alpha value is -2.86. The molecule has 0 atom stereocenters. The third-order valence-electron chi connectivity index (χ3n) is 4.49. The van der Waals surface area contributed by atoms with E-state index in [-0.39, 0.29) is 11.8 Å². The molecule has 28 heavy (non-hydrogen) atoms. The first-order chi connectivity index (χ1) is 13.5. The molecule has 2 N–H and O–H groups in total. The zero-order valence-corrected chi connectivity index (χ0v) is 16.7. The van der Waals surface area contributed by atoms with E-state index >= 15 is 0 Å². The highest BCUT2D eigenvalue weighted by molar-refractivity contribution is 5.77. The Morgan fingerprint density at radius 1 is 1.18 bits per heavy atom. The van der Waals surface area contributed by atoms with Crippen LogP contribution >= 0.6 is 0 Å². The topological polar surface area (TPSA) is 67.7 Å². The first-order valence-electron chi connectivity index (χ1n) is 9.66. The molecule has 0 bridgehead atoms. The Morgan fingerprint density at radius 3 is 2.68 bits per heavy atom. The van der Waals surface area contributed by atoms with Gasteiger partial charge in [0.05, 0.1) is 5.69 Å². The number of carbonyl (C=O) groups excluding carboxylic acids is 1. The summed E-state index contributed by atoms with van der Waals surface area (Å²) in [5.41, 5.74) is 4.19. The van der Waals surface area contributed by atoms with Crippen LogP contribution in [0.25, 0.3) is 5.65 Å². The van der Waals surface area contributed by atoms with E-state index in [0.717, 1.165) is 35.7 Å². The van der Waals surface area contributed by atoms with Crippen molar-refractivity contribution in [3.8, 4) is 5.75 Å². The fourth-order valence-electron chi connectivity index (χ4n) is 2.85. The Balaban J connectivity index is 1.42. The number of amides is 1. The summed E-state index contributed by atoms with van der Waals surface area (Å²) in [6.45, 7) is 8.40. The standard InChI is InChI=1S/C22H28N4O2/c1-16(2)22(27)24-11-10-23-13-18-6-8-20(9-7-18)28-15-19-14-26-12-4-5-17(3)21(26)25-19/h4-9,12,14,16,23H,10-11,13,15H2,1-3H3,(H,24,27). The number of nitrogens with one attached hydrogen (secondary N) is 2. The van der Waals surface area contributed by atoms with Gasteiger partial charge in [-0.15, -0.1) is 0 Å². The first-order valence-corrected chi connectivity index (χ1v) is 9.66.